The van der Waals surface area contributed by atoms with E-state index < -0.39 is 45.9 Å². The lowest BCUT2D eigenvalue weighted by atomic mass is 9.92. The maximum Gasteiger partial charge on any atom is 0.297 e. The van der Waals surface area contributed by atoms with Crippen molar-refractivity contribution in [1.82, 2.24) is 0 Å². The van der Waals surface area contributed by atoms with Gasteiger partial charge >= 0.3 is 0 Å². The van der Waals surface area contributed by atoms with Crippen LogP contribution in [0.2, 0.25) is 0 Å². The van der Waals surface area contributed by atoms with E-state index >= 15 is 0 Å². The van der Waals surface area contributed by atoms with Crippen molar-refractivity contribution in [1.29, 1.82) is 0 Å². The van der Waals surface area contributed by atoms with Gasteiger partial charge in [-0.15, -0.1) is 0 Å². The van der Waals surface area contributed by atoms with Gasteiger partial charge in [0, 0.05) is 0 Å². The van der Waals surface area contributed by atoms with Crippen LogP contribution in [0, 0.1) is 33.1 Å². The molecule has 85 heavy (non-hydrogen) atoms. The zero-order valence-electron chi connectivity index (χ0n) is 49.0. The highest BCUT2D eigenvalue weighted by atomic mass is 32.2. The Morgan fingerprint density at radius 1 is 0.224 bits per heavy atom. The molecule has 0 atom stereocenters. The van der Waals surface area contributed by atoms with Crippen molar-refractivity contribution in [3.05, 3.63) is 119 Å². The van der Waals surface area contributed by atoms with E-state index in [1.807, 2.05) is 27.7 Å². The van der Waals surface area contributed by atoms with Crippen LogP contribution in [0.4, 0.5) is 0 Å². The van der Waals surface area contributed by atoms with Gasteiger partial charge in [0.05, 0.1) is 210 Å². The number of aryl methyl sites for hydroxylation is 4. The average molecular weight is 1280 g/mol. The lowest BCUT2D eigenvalue weighted by Crippen LogP contribution is -2.43. The minimum Gasteiger partial charge on any atom is -0.378 e. The Bertz CT molecular complexity index is 2460. The van der Waals surface area contributed by atoms with Crippen LogP contribution in [0.1, 0.15) is 22.3 Å². The van der Waals surface area contributed by atoms with Gasteiger partial charge in [-0.05, 0) is 76.2 Å². The number of ether oxygens (including phenoxy) is 12. The van der Waals surface area contributed by atoms with Gasteiger partial charge < -0.3 is 56.8 Å². The van der Waals surface area contributed by atoms with Crippen LogP contribution in [-0.4, -0.2) is 219 Å². The van der Waals surface area contributed by atoms with Gasteiger partial charge in [0.15, 0.2) is 0 Å². The topological polar surface area (TPSA) is 284 Å². The van der Waals surface area contributed by atoms with Crippen molar-refractivity contribution >= 4 is 40.5 Å². The van der Waals surface area contributed by atoms with E-state index in [0.717, 1.165) is 22.3 Å². The fourth-order valence-electron chi connectivity index (χ4n) is 7.07. The van der Waals surface area contributed by atoms with Gasteiger partial charge in [-0.2, -0.15) is 33.7 Å². The van der Waals surface area contributed by atoms with Gasteiger partial charge in [0.25, 0.3) is 40.5 Å². The second-order valence-electron chi connectivity index (χ2n) is 19.0. The van der Waals surface area contributed by atoms with E-state index in [-0.39, 0.29) is 205 Å². The lowest BCUT2D eigenvalue weighted by molar-refractivity contribution is -0.123. The second-order valence-corrected chi connectivity index (χ2v) is 25.4. The Balaban J connectivity index is 1.23. The molecule has 4 aromatic rings. The third-order valence-corrected chi connectivity index (χ3v) is 17.0. The summed E-state index contributed by atoms with van der Waals surface area (Å²) in [5.41, 5.74) is 2.81. The van der Waals surface area contributed by atoms with E-state index in [0.29, 0.717) is 0 Å². The van der Waals surface area contributed by atoms with Crippen molar-refractivity contribution in [3.63, 3.8) is 0 Å². The molecule has 0 aromatic heterocycles. The summed E-state index contributed by atoms with van der Waals surface area (Å²) in [6, 6.07) is 25.4. The first kappa shape index (κ1) is 73.5. The van der Waals surface area contributed by atoms with Gasteiger partial charge in [-0.25, -0.2) is 0 Å². The van der Waals surface area contributed by atoms with E-state index in [1.54, 1.807) is 48.5 Å². The van der Waals surface area contributed by atoms with E-state index in [4.69, 9.17) is 73.6 Å². The molecule has 0 radical (unpaired) electrons. The molecule has 0 N–H and O–H groups in total. The van der Waals surface area contributed by atoms with Crippen LogP contribution in [0.5, 0.6) is 0 Å². The second kappa shape index (κ2) is 41.3. The number of benzene rings is 4. The summed E-state index contributed by atoms with van der Waals surface area (Å²) in [6.07, 6.45) is 0. The summed E-state index contributed by atoms with van der Waals surface area (Å²) >= 11 is 0. The molecule has 0 heterocycles. The molecular weight excluding hydrogens is 1200 g/mol. The third kappa shape index (κ3) is 31.7. The zero-order chi connectivity index (χ0) is 61.5. The summed E-state index contributed by atoms with van der Waals surface area (Å²) in [5, 5.41) is 0. The van der Waals surface area contributed by atoms with Gasteiger partial charge in [-0.1, -0.05) is 70.8 Å². The van der Waals surface area contributed by atoms with Crippen molar-refractivity contribution < 1.29 is 107 Å². The third-order valence-electron chi connectivity index (χ3n) is 11.7. The first-order valence-electron chi connectivity index (χ1n) is 27.6. The fraction of sp³-hybridized carbons (Fsp3) is 0.579. The van der Waals surface area contributed by atoms with Crippen molar-refractivity contribution in [3.8, 4) is 0 Å². The summed E-state index contributed by atoms with van der Waals surface area (Å²) in [6.45, 7) is 10.2. The van der Waals surface area contributed by atoms with Crippen LogP contribution < -0.4 is 0 Å². The Hall–Kier alpha value is -3.96. The molecule has 0 unspecified atom stereocenters. The molecule has 0 aliphatic heterocycles. The average Bonchev–Trinajstić information content (AvgIpc) is 3.68. The molecule has 0 fully saturated rings. The maximum absolute atomic E-state index is 12.5. The number of hydrogen-bond acceptors (Lipinski definition) is 24. The largest absolute Gasteiger partial charge is 0.378 e. The van der Waals surface area contributed by atoms with Crippen molar-refractivity contribution in [2.45, 2.75) is 47.3 Å². The summed E-state index contributed by atoms with van der Waals surface area (Å²) in [7, 11) is -15.7. The molecule has 4 rings (SSSR count). The van der Waals surface area contributed by atoms with E-state index in [2.05, 4.69) is 0 Å². The van der Waals surface area contributed by atoms with Crippen LogP contribution in [-0.2, 0) is 114 Å². The first-order chi connectivity index (χ1) is 40.8. The molecule has 0 bridgehead atoms. The summed E-state index contributed by atoms with van der Waals surface area (Å²) in [5.74, 6) is 0. The smallest absolute Gasteiger partial charge is 0.297 e. The van der Waals surface area contributed by atoms with Gasteiger partial charge in [-0.3, -0.25) is 16.7 Å². The fourth-order valence-corrected chi connectivity index (χ4v) is 10.6. The molecule has 0 saturated heterocycles. The molecule has 24 nitrogen and oxygen atoms in total. The highest BCUT2D eigenvalue weighted by molar-refractivity contribution is 7.87. The molecule has 0 amide bonds. The minimum atomic E-state index is -3.92. The molecule has 0 spiro atoms. The van der Waals surface area contributed by atoms with Crippen molar-refractivity contribution in [2.24, 2.45) is 5.41 Å². The predicted octanol–water partition coefficient (Wildman–Crippen LogP) is 5.03. The van der Waals surface area contributed by atoms with Crippen molar-refractivity contribution in [2.75, 3.05) is 185 Å². The Kier molecular flexibility index (Phi) is 35.7. The van der Waals surface area contributed by atoms with Gasteiger partial charge in [0.2, 0.25) is 0 Å². The highest BCUT2D eigenvalue weighted by Gasteiger charge is 2.33. The molecular formula is C57H84O24S4. The summed E-state index contributed by atoms with van der Waals surface area (Å²) < 4.78 is 189. The first-order valence-corrected chi connectivity index (χ1v) is 33.2. The van der Waals surface area contributed by atoms with Crippen LogP contribution in [0.15, 0.2) is 117 Å². The lowest BCUT2D eigenvalue weighted by Gasteiger charge is -2.33. The predicted molar refractivity (Wildman–Crippen MR) is 310 cm³/mol. The standard InChI is InChI=1S/C57H84O24S4/c1-49-5-13-53(14-6-49)82(58,59)78-41-37-70-25-21-66-29-33-74-45-57(46-75-34-30-67-22-26-71-38-42-79-83(60,61)54-15-7-50(2)8-16-54,47-76-35-31-68-23-27-72-39-43-80-84(62,63)55-17-9-51(3)10-18-55)48-77-36-32-69-24-28-73-40-44-81-85(64,65)56-19-11-52(4)12-20-56/h5-20H,21-48H2,1-4H3. The minimum absolute atomic E-state index is 0.0289. The molecule has 0 aliphatic rings. The quantitative estimate of drug-likeness (QED) is 0.0414. The number of hydrogen-bond donors (Lipinski definition) is 0. The maximum atomic E-state index is 12.5. The summed E-state index contributed by atoms with van der Waals surface area (Å²) in [4.78, 5) is 0.242. The van der Waals surface area contributed by atoms with Crippen LogP contribution in [0.25, 0.3) is 0 Å². The van der Waals surface area contributed by atoms with E-state index in [9.17, 15) is 33.7 Å². The highest BCUT2D eigenvalue weighted by Crippen LogP contribution is 2.22. The van der Waals surface area contributed by atoms with Crippen LogP contribution >= 0.6 is 0 Å². The zero-order valence-corrected chi connectivity index (χ0v) is 52.2. The molecule has 28 heteroatoms. The molecule has 0 saturated carbocycles. The molecule has 0 aliphatic carbocycles. The van der Waals surface area contributed by atoms with E-state index in [1.165, 1.54) is 48.5 Å². The Morgan fingerprint density at radius 2 is 0.365 bits per heavy atom. The van der Waals surface area contributed by atoms with Crippen LogP contribution in [0.3, 0.4) is 0 Å². The Morgan fingerprint density at radius 3 is 0.529 bits per heavy atom. The normalized spacial score (nSPS) is 12.6. The molecule has 4 aromatic carbocycles. The SMILES string of the molecule is Cc1ccc(S(=O)(=O)OCCOCCOCCOCC(COCCOCCOCCOS(=O)(=O)c2ccc(C)cc2)(COCCOCCOCCOS(=O)(=O)c2ccc(C)cc2)COCCOCCOCCOS(=O)(=O)c2ccc(C)cc2)cc1. The Labute approximate surface area is 502 Å². The molecule has 480 valence electrons. The van der Waals surface area contributed by atoms with Gasteiger partial charge in [0.1, 0.15) is 0 Å². The monoisotopic (exact) mass is 1280 g/mol. The number of rotatable bonds is 52.